The third kappa shape index (κ3) is 3.44. The summed E-state index contributed by atoms with van der Waals surface area (Å²) < 4.78 is 0. The van der Waals surface area contributed by atoms with Gasteiger partial charge in [-0.05, 0) is 25.0 Å². The monoisotopic (exact) mass is 287 g/mol. The van der Waals surface area contributed by atoms with Crippen LogP contribution in [0.25, 0.3) is 0 Å². The Morgan fingerprint density at radius 2 is 1.95 bits per heavy atom. The van der Waals surface area contributed by atoms with Crippen molar-refractivity contribution in [2.75, 3.05) is 31.5 Å². The smallest absolute Gasteiger partial charge is 0.238 e. The molecule has 1 aliphatic heterocycles. The van der Waals surface area contributed by atoms with Crippen molar-refractivity contribution in [2.24, 2.45) is 0 Å². The molecular weight excluding hydrogens is 262 g/mol. The lowest BCUT2D eigenvalue weighted by Gasteiger charge is -2.49. The van der Waals surface area contributed by atoms with Crippen LogP contribution in [0.15, 0.2) is 30.3 Å². The summed E-state index contributed by atoms with van der Waals surface area (Å²) in [5.74, 6) is 0.105. The van der Waals surface area contributed by atoms with E-state index in [1.165, 1.54) is 32.1 Å². The van der Waals surface area contributed by atoms with E-state index in [-0.39, 0.29) is 11.4 Å². The Morgan fingerprint density at radius 3 is 2.71 bits per heavy atom. The maximum absolute atomic E-state index is 12.3. The van der Waals surface area contributed by atoms with Gasteiger partial charge in [0, 0.05) is 30.9 Å². The first-order chi connectivity index (χ1) is 10.3. The normalized spacial score (nSPS) is 22.1. The van der Waals surface area contributed by atoms with Crippen LogP contribution >= 0.6 is 0 Å². The number of carbonyl (C=O) groups is 1. The predicted molar refractivity (Wildman–Crippen MR) is 85.3 cm³/mol. The third-order valence-corrected chi connectivity index (χ3v) is 4.86. The Balaban J connectivity index is 1.63. The second-order valence-corrected chi connectivity index (χ2v) is 6.30. The molecule has 2 N–H and O–H groups in total. The molecule has 3 rings (SSSR count). The van der Waals surface area contributed by atoms with Crippen molar-refractivity contribution < 1.29 is 4.79 Å². The van der Waals surface area contributed by atoms with Gasteiger partial charge in [0.2, 0.25) is 5.91 Å². The summed E-state index contributed by atoms with van der Waals surface area (Å²) in [6.45, 7) is 3.50. The highest BCUT2D eigenvalue weighted by atomic mass is 16.2. The molecule has 2 fully saturated rings. The highest BCUT2D eigenvalue weighted by Crippen LogP contribution is 2.34. The van der Waals surface area contributed by atoms with Crippen molar-refractivity contribution in [1.82, 2.24) is 10.2 Å². The lowest BCUT2D eigenvalue weighted by atomic mass is 9.79. The van der Waals surface area contributed by atoms with Crippen LogP contribution in [0.5, 0.6) is 0 Å². The molecule has 21 heavy (non-hydrogen) atoms. The molecule has 114 valence electrons. The predicted octanol–water partition coefficient (Wildman–Crippen LogP) is 2.23. The molecule has 1 aliphatic carbocycles. The minimum Gasteiger partial charge on any atom is -0.325 e. The average Bonchev–Trinajstić information content (AvgIpc) is 2.52. The van der Waals surface area contributed by atoms with Crippen molar-refractivity contribution in [3.63, 3.8) is 0 Å². The lowest BCUT2D eigenvalue weighted by Crippen LogP contribution is -2.63. The molecule has 1 aromatic carbocycles. The Labute approximate surface area is 126 Å². The number of nitrogens with zero attached hydrogens (tertiary/aromatic N) is 1. The molecule has 1 amide bonds. The maximum Gasteiger partial charge on any atom is 0.238 e. The molecule has 0 radical (unpaired) electrons. The zero-order valence-corrected chi connectivity index (χ0v) is 12.6. The van der Waals surface area contributed by atoms with Gasteiger partial charge in [-0.25, -0.2) is 0 Å². The summed E-state index contributed by atoms with van der Waals surface area (Å²) in [5, 5.41) is 6.54. The van der Waals surface area contributed by atoms with Crippen LogP contribution in [0.2, 0.25) is 0 Å². The number of rotatable bonds is 3. The molecule has 1 saturated carbocycles. The summed E-state index contributed by atoms with van der Waals surface area (Å²) >= 11 is 0. The largest absolute Gasteiger partial charge is 0.325 e. The number of carbonyl (C=O) groups excluding carboxylic acids is 1. The fourth-order valence-corrected chi connectivity index (χ4v) is 3.73. The van der Waals surface area contributed by atoms with Gasteiger partial charge in [0.25, 0.3) is 0 Å². The van der Waals surface area contributed by atoms with Gasteiger partial charge in [-0.3, -0.25) is 9.69 Å². The Morgan fingerprint density at radius 1 is 1.19 bits per heavy atom. The Bertz CT molecular complexity index is 460. The summed E-state index contributed by atoms with van der Waals surface area (Å²) in [7, 11) is 0. The van der Waals surface area contributed by atoms with Gasteiger partial charge in [0.05, 0.1) is 6.54 Å². The van der Waals surface area contributed by atoms with Crippen LogP contribution in [0.4, 0.5) is 5.69 Å². The minimum absolute atomic E-state index is 0.105. The molecule has 4 heteroatoms. The summed E-state index contributed by atoms with van der Waals surface area (Å²) in [6, 6.07) is 9.73. The Hall–Kier alpha value is -1.39. The summed E-state index contributed by atoms with van der Waals surface area (Å²) in [5.41, 5.74) is 1.10. The van der Waals surface area contributed by atoms with Gasteiger partial charge in [-0.15, -0.1) is 0 Å². The van der Waals surface area contributed by atoms with Crippen LogP contribution < -0.4 is 10.6 Å². The van der Waals surface area contributed by atoms with Crippen molar-refractivity contribution in [2.45, 2.75) is 37.6 Å². The van der Waals surface area contributed by atoms with E-state index in [1.807, 2.05) is 30.3 Å². The highest BCUT2D eigenvalue weighted by molar-refractivity contribution is 5.92. The molecule has 0 bridgehead atoms. The van der Waals surface area contributed by atoms with Crippen molar-refractivity contribution in [3.05, 3.63) is 30.3 Å². The molecule has 1 aromatic rings. The van der Waals surface area contributed by atoms with E-state index in [2.05, 4.69) is 15.5 Å². The zero-order chi connectivity index (χ0) is 14.5. The fourth-order valence-electron chi connectivity index (χ4n) is 3.73. The Kier molecular flexibility index (Phi) is 4.56. The number of anilines is 1. The number of hydrogen-bond acceptors (Lipinski definition) is 3. The van der Waals surface area contributed by atoms with Crippen molar-refractivity contribution >= 4 is 11.6 Å². The zero-order valence-electron chi connectivity index (χ0n) is 12.6. The first-order valence-electron chi connectivity index (χ1n) is 8.09. The first kappa shape index (κ1) is 14.5. The van der Waals surface area contributed by atoms with Crippen LogP contribution in [-0.4, -0.2) is 42.5 Å². The summed E-state index contributed by atoms with van der Waals surface area (Å²) in [6.07, 6.45) is 6.36. The number of piperazine rings is 1. The first-order valence-corrected chi connectivity index (χ1v) is 8.09. The molecule has 0 unspecified atom stereocenters. The number of amides is 1. The van der Waals surface area contributed by atoms with E-state index < -0.39 is 0 Å². The molecule has 1 spiro atoms. The van der Waals surface area contributed by atoms with Gasteiger partial charge in [0.15, 0.2) is 0 Å². The molecule has 0 aromatic heterocycles. The fraction of sp³-hybridized carbons (Fsp3) is 0.588. The topological polar surface area (TPSA) is 44.4 Å². The van der Waals surface area contributed by atoms with Crippen LogP contribution in [0.1, 0.15) is 32.1 Å². The average molecular weight is 287 g/mol. The molecule has 4 nitrogen and oxygen atoms in total. The van der Waals surface area contributed by atoms with Crippen LogP contribution in [-0.2, 0) is 4.79 Å². The van der Waals surface area contributed by atoms with E-state index in [0.717, 1.165) is 25.3 Å². The van der Waals surface area contributed by atoms with Crippen LogP contribution in [0, 0.1) is 0 Å². The third-order valence-electron chi connectivity index (χ3n) is 4.86. The van der Waals surface area contributed by atoms with Crippen molar-refractivity contribution in [3.8, 4) is 0 Å². The number of hydrogen-bond donors (Lipinski definition) is 2. The molecule has 2 aliphatic rings. The van der Waals surface area contributed by atoms with Gasteiger partial charge < -0.3 is 10.6 Å². The summed E-state index contributed by atoms with van der Waals surface area (Å²) in [4.78, 5) is 14.8. The SMILES string of the molecule is O=C(CN1CCNCC12CCCCC2)Nc1ccccc1. The van der Waals surface area contributed by atoms with Crippen molar-refractivity contribution in [1.29, 1.82) is 0 Å². The highest BCUT2D eigenvalue weighted by Gasteiger charge is 2.40. The van der Waals surface area contributed by atoms with E-state index in [0.29, 0.717) is 6.54 Å². The van der Waals surface area contributed by atoms with Gasteiger partial charge in [0.1, 0.15) is 0 Å². The van der Waals surface area contributed by atoms with Gasteiger partial charge in [-0.2, -0.15) is 0 Å². The second kappa shape index (κ2) is 6.58. The number of benzene rings is 1. The van der Waals surface area contributed by atoms with E-state index in [9.17, 15) is 4.79 Å². The van der Waals surface area contributed by atoms with E-state index in [4.69, 9.17) is 0 Å². The van der Waals surface area contributed by atoms with E-state index >= 15 is 0 Å². The minimum atomic E-state index is 0.105. The maximum atomic E-state index is 12.3. The molecule has 1 saturated heterocycles. The second-order valence-electron chi connectivity index (χ2n) is 6.30. The number of nitrogens with one attached hydrogen (secondary N) is 2. The standard InChI is InChI=1S/C17H25N3O/c21-16(19-15-7-3-1-4-8-15)13-20-12-11-18-14-17(20)9-5-2-6-10-17/h1,3-4,7-8,18H,2,5-6,9-14H2,(H,19,21). The van der Waals surface area contributed by atoms with Gasteiger partial charge >= 0.3 is 0 Å². The number of para-hydroxylation sites is 1. The molecular formula is C17H25N3O. The van der Waals surface area contributed by atoms with Crippen LogP contribution in [0.3, 0.4) is 0 Å². The molecule has 0 atom stereocenters. The molecule has 1 heterocycles. The quantitative estimate of drug-likeness (QED) is 0.896. The lowest BCUT2D eigenvalue weighted by molar-refractivity contribution is -0.120. The van der Waals surface area contributed by atoms with Gasteiger partial charge in [-0.1, -0.05) is 37.5 Å². The van der Waals surface area contributed by atoms with E-state index in [1.54, 1.807) is 0 Å².